The maximum absolute atomic E-state index is 4.53. The molecule has 2 heteroatoms. The number of nitrogens with one attached hydrogen (secondary N) is 1. The lowest BCUT2D eigenvalue weighted by molar-refractivity contribution is 0.306. The number of hydrazone groups is 1. The van der Waals surface area contributed by atoms with Crippen LogP contribution in [-0.4, -0.2) is 5.71 Å². The van der Waals surface area contributed by atoms with Gasteiger partial charge in [-0.05, 0) is 42.6 Å². The summed E-state index contributed by atoms with van der Waals surface area (Å²) >= 11 is 0. The largest absolute Gasteiger partial charge is 0.286 e. The number of hydrogen-bond donors (Lipinski definition) is 1. The summed E-state index contributed by atoms with van der Waals surface area (Å²) in [7, 11) is 0. The molecule has 2 atom stereocenters. The van der Waals surface area contributed by atoms with Crippen molar-refractivity contribution in [3.8, 4) is 0 Å². The lowest BCUT2D eigenvalue weighted by Gasteiger charge is -2.32. The van der Waals surface area contributed by atoms with E-state index in [2.05, 4.69) is 44.4 Å². The summed E-state index contributed by atoms with van der Waals surface area (Å²) < 4.78 is 0. The summed E-state index contributed by atoms with van der Waals surface area (Å²) in [6.45, 7) is 9.27. The van der Waals surface area contributed by atoms with Gasteiger partial charge in [0.25, 0.3) is 0 Å². The third-order valence-corrected chi connectivity index (χ3v) is 4.65. The first-order valence-corrected chi connectivity index (χ1v) is 7.61. The molecule has 2 unspecified atom stereocenters. The molecule has 1 aliphatic carbocycles. The topological polar surface area (TPSA) is 24.4 Å². The highest BCUT2D eigenvalue weighted by Gasteiger charge is 2.28. The summed E-state index contributed by atoms with van der Waals surface area (Å²) in [5, 5.41) is 4.53. The van der Waals surface area contributed by atoms with Crippen LogP contribution in [0.3, 0.4) is 0 Å². The standard InChI is InChI=1S/C16H28N2/c1-11(2)13-6-5-7-15-14(9-8-13)10-17-18-16(15)12(3)4/h10-13,15,17H,5-9H2,1-4H3. The lowest BCUT2D eigenvalue weighted by Crippen LogP contribution is -2.30. The zero-order valence-corrected chi connectivity index (χ0v) is 12.4. The molecule has 0 bridgehead atoms. The molecule has 1 fully saturated rings. The Morgan fingerprint density at radius 3 is 2.61 bits per heavy atom. The fourth-order valence-corrected chi connectivity index (χ4v) is 3.42. The van der Waals surface area contributed by atoms with Crippen molar-refractivity contribution in [1.82, 2.24) is 5.43 Å². The van der Waals surface area contributed by atoms with Gasteiger partial charge in [-0.15, -0.1) is 0 Å². The molecule has 0 aromatic rings. The first-order chi connectivity index (χ1) is 8.59. The van der Waals surface area contributed by atoms with Gasteiger partial charge in [-0.2, -0.15) is 5.10 Å². The lowest BCUT2D eigenvalue weighted by atomic mass is 9.75. The number of hydrogen-bond acceptors (Lipinski definition) is 2. The molecule has 2 nitrogen and oxygen atoms in total. The van der Waals surface area contributed by atoms with E-state index < -0.39 is 0 Å². The van der Waals surface area contributed by atoms with E-state index in [1.807, 2.05) is 0 Å². The Kier molecular flexibility index (Phi) is 4.47. The quantitative estimate of drug-likeness (QED) is 0.772. The van der Waals surface area contributed by atoms with Crippen LogP contribution in [0.1, 0.15) is 59.8 Å². The highest BCUT2D eigenvalue weighted by molar-refractivity contribution is 5.91. The van der Waals surface area contributed by atoms with Crippen LogP contribution in [0.5, 0.6) is 0 Å². The minimum Gasteiger partial charge on any atom is -0.286 e. The average Bonchev–Trinajstić information content (AvgIpc) is 2.28. The van der Waals surface area contributed by atoms with Gasteiger partial charge in [0.15, 0.2) is 0 Å². The molecule has 102 valence electrons. The Balaban J connectivity index is 2.07. The normalized spacial score (nSPS) is 29.0. The molecule has 0 amide bonds. The van der Waals surface area contributed by atoms with Crippen LogP contribution in [0.4, 0.5) is 0 Å². The fraction of sp³-hybridized carbons (Fsp3) is 0.812. The van der Waals surface area contributed by atoms with Crippen molar-refractivity contribution >= 4 is 5.71 Å². The van der Waals surface area contributed by atoms with Crippen LogP contribution < -0.4 is 5.43 Å². The summed E-state index contributed by atoms with van der Waals surface area (Å²) in [6, 6.07) is 0. The van der Waals surface area contributed by atoms with Crippen molar-refractivity contribution in [2.24, 2.45) is 28.8 Å². The Morgan fingerprint density at radius 1 is 1.17 bits per heavy atom. The first-order valence-electron chi connectivity index (χ1n) is 7.61. The zero-order chi connectivity index (χ0) is 13.1. The van der Waals surface area contributed by atoms with Crippen LogP contribution >= 0.6 is 0 Å². The highest BCUT2D eigenvalue weighted by Crippen LogP contribution is 2.35. The first kappa shape index (κ1) is 13.6. The molecule has 0 radical (unpaired) electrons. The maximum Gasteiger partial charge on any atom is 0.0479 e. The monoisotopic (exact) mass is 248 g/mol. The van der Waals surface area contributed by atoms with Crippen molar-refractivity contribution in [2.75, 3.05) is 0 Å². The van der Waals surface area contributed by atoms with E-state index in [0.717, 1.165) is 11.8 Å². The highest BCUT2D eigenvalue weighted by atomic mass is 15.3. The van der Waals surface area contributed by atoms with Crippen molar-refractivity contribution in [3.63, 3.8) is 0 Å². The summed E-state index contributed by atoms with van der Waals surface area (Å²) in [5.41, 5.74) is 6.10. The fourth-order valence-electron chi connectivity index (χ4n) is 3.42. The van der Waals surface area contributed by atoms with E-state index in [4.69, 9.17) is 0 Å². The van der Waals surface area contributed by atoms with Crippen LogP contribution in [0.25, 0.3) is 0 Å². The SMILES string of the molecule is CC(C)C1=NNC=C2CCC(C(C)C)CCCC21. The van der Waals surface area contributed by atoms with Gasteiger partial charge < -0.3 is 0 Å². The Labute approximate surface area is 112 Å². The minimum atomic E-state index is 0.562. The Morgan fingerprint density at radius 2 is 1.94 bits per heavy atom. The zero-order valence-electron chi connectivity index (χ0n) is 12.4. The second kappa shape index (κ2) is 5.90. The Hall–Kier alpha value is -0.790. The van der Waals surface area contributed by atoms with Crippen LogP contribution in [-0.2, 0) is 0 Å². The van der Waals surface area contributed by atoms with E-state index in [9.17, 15) is 0 Å². The van der Waals surface area contributed by atoms with Crippen molar-refractivity contribution < 1.29 is 0 Å². The van der Waals surface area contributed by atoms with E-state index in [1.54, 1.807) is 5.57 Å². The number of fused-ring (bicyclic) bond motifs is 1. The van der Waals surface area contributed by atoms with Gasteiger partial charge in [0.2, 0.25) is 0 Å². The molecule has 1 saturated carbocycles. The van der Waals surface area contributed by atoms with Gasteiger partial charge in [-0.1, -0.05) is 40.5 Å². The van der Waals surface area contributed by atoms with Gasteiger partial charge in [-0.25, -0.2) is 0 Å². The van der Waals surface area contributed by atoms with Gasteiger partial charge >= 0.3 is 0 Å². The van der Waals surface area contributed by atoms with Crippen molar-refractivity contribution in [2.45, 2.75) is 59.8 Å². The van der Waals surface area contributed by atoms with Crippen molar-refractivity contribution in [3.05, 3.63) is 11.8 Å². The minimum absolute atomic E-state index is 0.562. The van der Waals surface area contributed by atoms with Gasteiger partial charge in [0.1, 0.15) is 0 Å². The molecule has 0 aromatic heterocycles. The molecule has 1 heterocycles. The van der Waals surface area contributed by atoms with Crippen LogP contribution in [0.2, 0.25) is 0 Å². The third-order valence-electron chi connectivity index (χ3n) is 4.65. The molecule has 1 N–H and O–H groups in total. The van der Waals surface area contributed by atoms with E-state index in [1.165, 1.54) is 37.8 Å². The van der Waals surface area contributed by atoms with Gasteiger partial charge in [0, 0.05) is 17.8 Å². The molecule has 0 spiro atoms. The number of allylic oxidation sites excluding steroid dienone is 1. The smallest absolute Gasteiger partial charge is 0.0479 e. The number of rotatable bonds is 2. The predicted octanol–water partition coefficient (Wildman–Crippen LogP) is 4.34. The predicted molar refractivity (Wildman–Crippen MR) is 78.4 cm³/mol. The second-order valence-corrected chi connectivity index (χ2v) is 6.57. The van der Waals surface area contributed by atoms with E-state index in [-0.39, 0.29) is 0 Å². The Bertz CT molecular complexity index is 339. The molecule has 0 saturated heterocycles. The molecule has 2 rings (SSSR count). The third kappa shape index (κ3) is 2.96. The molecule has 1 aliphatic heterocycles. The number of nitrogens with zero attached hydrogens (tertiary/aromatic N) is 1. The van der Waals surface area contributed by atoms with E-state index in [0.29, 0.717) is 11.8 Å². The molecular weight excluding hydrogens is 220 g/mol. The average molecular weight is 248 g/mol. The van der Waals surface area contributed by atoms with Crippen LogP contribution in [0.15, 0.2) is 16.9 Å². The van der Waals surface area contributed by atoms with Gasteiger partial charge in [-0.3, -0.25) is 5.43 Å². The summed E-state index contributed by atoms with van der Waals surface area (Å²) in [5.74, 6) is 2.93. The van der Waals surface area contributed by atoms with E-state index >= 15 is 0 Å². The molecule has 2 aliphatic rings. The molecular formula is C16H28N2. The van der Waals surface area contributed by atoms with Gasteiger partial charge in [0.05, 0.1) is 0 Å². The maximum atomic E-state index is 4.53. The summed E-state index contributed by atoms with van der Waals surface area (Å²) in [4.78, 5) is 0. The molecule has 0 aromatic carbocycles. The second-order valence-electron chi connectivity index (χ2n) is 6.57. The van der Waals surface area contributed by atoms with Crippen molar-refractivity contribution in [1.29, 1.82) is 0 Å². The van der Waals surface area contributed by atoms with Crippen LogP contribution in [0, 0.1) is 23.7 Å². The molecule has 18 heavy (non-hydrogen) atoms. The summed E-state index contributed by atoms with van der Waals surface area (Å²) in [6.07, 6.45) is 8.84.